The monoisotopic (exact) mass is 190 g/mol. The zero-order valence-corrected chi connectivity index (χ0v) is 7.32. The minimum Gasteiger partial charge on any atom is -0.379 e. The summed E-state index contributed by atoms with van der Waals surface area (Å²) >= 11 is 0. The second-order valence-corrected chi connectivity index (χ2v) is 2.70. The largest absolute Gasteiger partial charge is 0.379 e. The second kappa shape index (κ2) is 5.87. The van der Waals surface area contributed by atoms with Gasteiger partial charge in [-0.15, -0.1) is 0 Å². The van der Waals surface area contributed by atoms with Gasteiger partial charge in [-0.1, -0.05) is 5.59 Å². The molecule has 1 saturated heterocycles. The van der Waals surface area contributed by atoms with Crippen LogP contribution in [0.15, 0.2) is 0 Å². The molecular formula is C7H14N2O4. The standard InChI is InChI=1S/C7H14N2O4/c8-9-13-7(10)2-4-12-6-1-3-11-5-6/h6,9H,1-5,8H2. The van der Waals surface area contributed by atoms with E-state index in [1.807, 2.05) is 5.59 Å². The summed E-state index contributed by atoms with van der Waals surface area (Å²) in [6.45, 7) is 1.69. The van der Waals surface area contributed by atoms with E-state index in [2.05, 4.69) is 4.84 Å². The summed E-state index contributed by atoms with van der Waals surface area (Å²) in [5.41, 5.74) is 1.82. The summed E-state index contributed by atoms with van der Waals surface area (Å²) in [5.74, 6) is 4.34. The van der Waals surface area contributed by atoms with Gasteiger partial charge >= 0.3 is 5.97 Å². The fourth-order valence-electron chi connectivity index (χ4n) is 1.07. The van der Waals surface area contributed by atoms with Gasteiger partial charge in [0.1, 0.15) is 0 Å². The molecule has 1 aliphatic heterocycles. The van der Waals surface area contributed by atoms with Crippen molar-refractivity contribution in [3.8, 4) is 0 Å². The second-order valence-electron chi connectivity index (χ2n) is 2.70. The van der Waals surface area contributed by atoms with Crippen molar-refractivity contribution in [3.05, 3.63) is 0 Å². The lowest BCUT2D eigenvalue weighted by Crippen LogP contribution is -2.27. The van der Waals surface area contributed by atoms with Crippen molar-refractivity contribution in [1.29, 1.82) is 0 Å². The third-order valence-electron chi connectivity index (χ3n) is 1.72. The molecule has 0 spiro atoms. The van der Waals surface area contributed by atoms with Crippen LogP contribution in [0.5, 0.6) is 0 Å². The molecule has 1 rings (SSSR count). The van der Waals surface area contributed by atoms with Gasteiger partial charge in [0, 0.05) is 6.61 Å². The topological polar surface area (TPSA) is 82.8 Å². The molecule has 13 heavy (non-hydrogen) atoms. The molecule has 1 atom stereocenters. The first-order valence-corrected chi connectivity index (χ1v) is 4.17. The summed E-state index contributed by atoms with van der Waals surface area (Å²) in [6.07, 6.45) is 1.21. The van der Waals surface area contributed by atoms with Crippen molar-refractivity contribution < 1.29 is 19.1 Å². The first-order valence-electron chi connectivity index (χ1n) is 4.17. The molecule has 3 N–H and O–H groups in total. The fourth-order valence-corrected chi connectivity index (χ4v) is 1.07. The van der Waals surface area contributed by atoms with Crippen LogP contribution < -0.4 is 11.4 Å². The molecule has 0 aromatic heterocycles. The van der Waals surface area contributed by atoms with Gasteiger partial charge in [-0.2, -0.15) is 0 Å². The average molecular weight is 190 g/mol. The highest BCUT2D eigenvalue weighted by molar-refractivity contribution is 5.69. The van der Waals surface area contributed by atoms with Gasteiger partial charge in [-0.05, 0) is 6.42 Å². The lowest BCUT2D eigenvalue weighted by molar-refractivity contribution is -0.152. The van der Waals surface area contributed by atoms with Crippen LogP contribution in [-0.4, -0.2) is 31.9 Å². The number of nitrogens with two attached hydrogens (primary N) is 1. The van der Waals surface area contributed by atoms with Crippen LogP contribution in [0.25, 0.3) is 0 Å². The number of hydrogen-bond donors (Lipinski definition) is 2. The molecule has 1 heterocycles. The third-order valence-corrected chi connectivity index (χ3v) is 1.72. The number of ether oxygens (including phenoxy) is 2. The van der Waals surface area contributed by atoms with Gasteiger partial charge in [-0.25, -0.2) is 5.84 Å². The fraction of sp³-hybridized carbons (Fsp3) is 0.857. The Morgan fingerprint density at radius 2 is 2.54 bits per heavy atom. The number of rotatable bonds is 5. The number of carbonyl (C=O) groups is 1. The highest BCUT2D eigenvalue weighted by Crippen LogP contribution is 2.08. The van der Waals surface area contributed by atoms with Gasteiger partial charge in [0.05, 0.1) is 25.7 Å². The zero-order chi connectivity index (χ0) is 9.52. The number of carbonyl (C=O) groups excluding carboxylic acids is 1. The smallest absolute Gasteiger partial charge is 0.328 e. The van der Waals surface area contributed by atoms with Crippen LogP contribution in [0, 0.1) is 0 Å². The van der Waals surface area contributed by atoms with Gasteiger partial charge in [0.25, 0.3) is 0 Å². The first-order chi connectivity index (χ1) is 6.33. The van der Waals surface area contributed by atoms with Crippen molar-refractivity contribution in [1.82, 2.24) is 5.59 Å². The van der Waals surface area contributed by atoms with E-state index in [0.717, 1.165) is 13.0 Å². The normalized spacial score (nSPS) is 21.8. The molecule has 6 nitrogen and oxygen atoms in total. The molecule has 1 unspecified atom stereocenters. The van der Waals surface area contributed by atoms with Gasteiger partial charge in [0.15, 0.2) is 0 Å². The van der Waals surface area contributed by atoms with E-state index in [9.17, 15) is 4.79 Å². The summed E-state index contributed by atoms with van der Waals surface area (Å²) in [7, 11) is 0. The zero-order valence-electron chi connectivity index (χ0n) is 7.32. The molecule has 6 heteroatoms. The Morgan fingerprint density at radius 3 is 3.15 bits per heavy atom. The van der Waals surface area contributed by atoms with E-state index in [0.29, 0.717) is 13.2 Å². The Kier molecular flexibility index (Phi) is 4.69. The van der Waals surface area contributed by atoms with E-state index in [1.165, 1.54) is 0 Å². The van der Waals surface area contributed by atoms with E-state index in [1.54, 1.807) is 0 Å². The Bertz CT molecular complexity index is 159. The molecule has 0 amide bonds. The maximum absolute atomic E-state index is 10.7. The van der Waals surface area contributed by atoms with Crippen molar-refractivity contribution in [2.45, 2.75) is 18.9 Å². The third kappa shape index (κ3) is 4.18. The number of hydrazine groups is 1. The highest BCUT2D eigenvalue weighted by atomic mass is 16.7. The van der Waals surface area contributed by atoms with Gasteiger partial charge < -0.3 is 14.3 Å². The lowest BCUT2D eigenvalue weighted by atomic mass is 10.3. The maximum Gasteiger partial charge on any atom is 0.328 e. The lowest BCUT2D eigenvalue weighted by Gasteiger charge is -2.08. The van der Waals surface area contributed by atoms with Crippen molar-refractivity contribution in [2.24, 2.45) is 5.84 Å². The van der Waals surface area contributed by atoms with Crippen LogP contribution in [0.2, 0.25) is 0 Å². The summed E-state index contributed by atoms with van der Waals surface area (Å²) in [4.78, 5) is 15.0. The van der Waals surface area contributed by atoms with E-state index in [-0.39, 0.29) is 12.5 Å². The summed E-state index contributed by atoms with van der Waals surface area (Å²) < 4.78 is 10.4. The summed E-state index contributed by atoms with van der Waals surface area (Å²) in [5, 5.41) is 0. The first kappa shape index (κ1) is 10.4. The molecule has 0 aromatic rings. The Balaban J connectivity index is 1.96. The highest BCUT2D eigenvalue weighted by Gasteiger charge is 2.16. The molecule has 1 fully saturated rings. The van der Waals surface area contributed by atoms with E-state index in [4.69, 9.17) is 15.3 Å². The molecule has 0 saturated carbocycles. The molecule has 0 bridgehead atoms. The van der Waals surface area contributed by atoms with Crippen molar-refractivity contribution in [2.75, 3.05) is 19.8 Å². The molecular weight excluding hydrogens is 176 g/mol. The number of nitrogens with one attached hydrogen (secondary N) is 1. The van der Waals surface area contributed by atoms with Crippen molar-refractivity contribution >= 4 is 5.97 Å². The van der Waals surface area contributed by atoms with E-state index >= 15 is 0 Å². The quantitative estimate of drug-likeness (QED) is 0.432. The minimum absolute atomic E-state index is 0.124. The van der Waals surface area contributed by atoms with Crippen molar-refractivity contribution in [3.63, 3.8) is 0 Å². The Morgan fingerprint density at radius 1 is 1.69 bits per heavy atom. The molecule has 1 aliphatic rings. The molecule has 0 radical (unpaired) electrons. The van der Waals surface area contributed by atoms with Crippen LogP contribution in [0.3, 0.4) is 0 Å². The molecule has 76 valence electrons. The predicted molar refractivity (Wildman–Crippen MR) is 43.2 cm³/mol. The van der Waals surface area contributed by atoms with Gasteiger partial charge in [0.2, 0.25) is 0 Å². The SMILES string of the molecule is NNOC(=O)CCOC1CCOC1. The molecule has 0 aromatic carbocycles. The summed E-state index contributed by atoms with van der Waals surface area (Å²) in [6, 6.07) is 0. The Labute approximate surface area is 76.2 Å². The predicted octanol–water partition coefficient (Wildman–Crippen LogP) is -0.896. The van der Waals surface area contributed by atoms with Crippen LogP contribution in [-0.2, 0) is 19.1 Å². The maximum atomic E-state index is 10.7. The average Bonchev–Trinajstić information content (AvgIpc) is 2.57. The minimum atomic E-state index is -0.429. The number of hydrogen-bond acceptors (Lipinski definition) is 6. The van der Waals surface area contributed by atoms with Gasteiger partial charge in [-0.3, -0.25) is 4.79 Å². The molecule has 0 aliphatic carbocycles. The van der Waals surface area contributed by atoms with Crippen LogP contribution >= 0.6 is 0 Å². The van der Waals surface area contributed by atoms with Crippen LogP contribution in [0.1, 0.15) is 12.8 Å². The van der Waals surface area contributed by atoms with Crippen LogP contribution in [0.4, 0.5) is 0 Å². The van der Waals surface area contributed by atoms with E-state index < -0.39 is 5.97 Å². The Hall–Kier alpha value is -0.690.